The summed E-state index contributed by atoms with van der Waals surface area (Å²) in [5.74, 6) is 0.409. The van der Waals surface area contributed by atoms with E-state index in [-0.39, 0.29) is 0 Å². The summed E-state index contributed by atoms with van der Waals surface area (Å²) in [4.78, 5) is 4.77. The fourth-order valence-electron chi connectivity index (χ4n) is 2.96. The minimum atomic E-state index is 0.409. The molecular weight excluding hydrogens is 172 g/mol. The number of hydrogen-bond donors (Lipinski definition) is 1. The highest BCUT2D eigenvalue weighted by Gasteiger charge is 2.33. The third kappa shape index (κ3) is 1.09. The molecule has 0 spiro atoms. The summed E-state index contributed by atoms with van der Waals surface area (Å²) in [6, 6.07) is 0. The molecule has 2 aliphatic carbocycles. The van der Waals surface area contributed by atoms with Gasteiger partial charge in [-0.3, -0.25) is 4.99 Å². The van der Waals surface area contributed by atoms with Crippen LogP contribution < -0.4 is 0 Å². The smallest absolute Gasteiger partial charge is 0.0453 e. The van der Waals surface area contributed by atoms with Crippen molar-refractivity contribution in [2.24, 2.45) is 10.9 Å². The molecule has 1 aliphatic heterocycles. The first kappa shape index (κ1) is 8.39. The highest BCUT2D eigenvalue weighted by molar-refractivity contribution is 6.17. The van der Waals surface area contributed by atoms with Crippen molar-refractivity contribution in [1.82, 2.24) is 0 Å². The van der Waals surface area contributed by atoms with Gasteiger partial charge in [0.25, 0.3) is 0 Å². The van der Waals surface area contributed by atoms with E-state index in [2.05, 4.69) is 0 Å². The maximum absolute atomic E-state index is 8.20. The lowest BCUT2D eigenvalue weighted by Crippen LogP contribution is -2.26. The summed E-state index contributed by atoms with van der Waals surface area (Å²) in [5.41, 5.74) is 4.79. The second kappa shape index (κ2) is 3.04. The van der Waals surface area contributed by atoms with E-state index in [0.717, 1.165) is 25.0 Å². The molecule has 3 rings (SSSR count). The van der Waals surface area contributed by atoms with E-state index in [0.29, 0.717) is 5.92 Å². The summed E-state index contributed by atoms with van der Waals surface area (Å²) in [6.45, 7) is 0. The van der Waals surface area contributed by atoms with Crippen LogP contribution in [0.15, 0.2) is 16.3 Å². The SMILES string of the molecule is N=C1C2=C(CCCC2)N=C2CCCC12. The molecule has 3 aliphatic rings. The van der Waals surface area contributed by atoms with Gasteiger partial charge >= 0.3 is 0 Å². The van der Waals surface area contributed by atoms with Crippen LogP contribution in [-0.4, -0.2) is 11.4 Å². The Hall–Kier alpha value is -0.920. The van der Waals surface area contributed by atoms with Gasteiger partial charge in [-0.2, -0.15) is 0 Å². The summed E-state index contributed by atoms with van der Waals surface area (Å²) in [5, 5.41) is 8.20. The van der Waals surface area contributed by atoms with E-state index in [4.69, 9.17) is 10.4 Å². The molecule has 1 heterocycles. The standard InChI is InChI=1S/C12H16N2/c13-12-8-4-1-2-6-10(8)14-11-7-3-5-9(11)12/h9,13H,1-7H2. The Balaban J connectivity index is 2.04. The molecule has 2 heteroatoms. The molecule has 0 radical (unpaired) electrons. The minimum Gasteiger partial charge on any atom is -0.304 e. The summed E-state index contributed by atoms with van der Waals surface area (Å²) >= 11 is 0. The van der Waals surface area contributed by atoms with E-state index in [1.54, 1.807) is 0 Å². The van der Waals surface area contributed by atoms with Gasteiger partial charge in [-0.25, -0.2) is 0 Å². The van der Waals surface area contributed by atoms with Crippen molar-refractivity contribution in [3.63, 3.8) is 0 Å². The Morgan fingerprint density at radius 2 is 1.93 bits per heavy atom. The van der Waals surface area contributed by atoms with E-state index in [9.17, 15) is 0 Å². The third-order valence-corrected chi connectivity index (χ3v) is 3.72. The van der Waals surface area contributed by atoms with Gasteiger partial charge < -0.3 is 5.41 Å². The van der Waals surface area contributed by atoms with Crippen LogP contribution in [0.4, 0.5) is 0 Å². The molecule has 0 aromatic rings. The second-order valence-electron chi connectivity index (χ2n) is 4.59. The molecule has 1 N–H and O–H groups in total. The Morgan fingerprint density at radius 3 is 2.86 bits per heavy atom. The molecular formula is C12H16N2. The van der Waals surface area contributed by atoms with Gasteiger partial charge in [0.15, 0.2) is 0 Å². The number of rotatable bonds is 0. The van der Waals surface area contributed by atoms with E-state index in [1.165, 1.54) is 42.7 Å². The number of hydrogen-bond acceptors (Lipinski definition) is 2. The van der Waals surface area contributed by atoms with Gasteiger partial charge in [-0.1, -0.05) is 0 Å². The van der Waals surface area contributed by atoms with Crippen LogP contribution in [0, 0.1) is 11.3 Å². The zero-order valence-electron chi connectivity index (χ0n) is 8.47. The molecule has 0 bridgehead atoms. The maximum atomic E-state index is 8.20. The highest BCUT2D eigenvalue weighted by Crippen LogP contribution is 2.37. The number of nitrogens with one attached hydrogen (secondary N) is 1. The highest BCUT2D eigenvalue weighted by atomic mass is 14.8. The van der Waals surface area contributed by atoms with E-state index < -0.39 is 0 Å². The van der Waals surface area contributed by atoms with Crippen LogP contribution in [0.25, 0.3) is 0 Å². The quantitative estimate of drug-likeness (QED) is 0.606. The Bertz CT molecular complexity index is 349. The molecule has 1 saturated carbocycles. The normalized spacial score (nSPS) is 31.3. The molecule has 1 fully saturated rings. The predicted octanol–water partition coefficient (Wildman–Crippen LogP) is 3.09. The van der Waals surface area contributed by atoms with Gasteiger partial charge in [-0.15, -0.1) is 0 Å². The van der Waals surface area contributed by atoms with Crippen molar-refractivity contribution >= 4 is 11.4 Å². The third-order valence-electron chi connectivity index (χ3n) is 3.72. The topological polar surface area (TPSA) is 36.2 Å². The molecule has 0 saturated heterocycles. The first-order valence-corrected chi connectivity index (χ1v) is 5.74. The van der Waals surface area contributed by atoms with Crippen LogP contribution in [0.1, 0.15) is 44.9 Å². The van der Waals surface area contributed by atoms with Crippen LogP contribution >= 0.6 is 0 Å². The fourth-order valence-corrected chi connectivity index (χ4v) is 2.96. The molecule has 0 aromatic carbocycles. The summed E-state index contributed by atoms with van der Waals surface area (Å²) < 4.78 is 0. The maximum Gasteiger partial charge on any atom is 0.0453 e. The lowest BCUT2D eigenvalue weighted by Gasteiger charge is -2.26. The molecule has 74 valence electrons. The lowest BCUT2D eigenvalue weighted by atomic mass is 9.83. The summed E-state index contributed by atoms with van der Waals surface area (Å²) in [6.07, 6.45) is 8.33. The van der Waals surface area contributed by atoms with Gasteiger partial charge in [0.1, 0.15) is 0 Å². The average molecular weight is 188 g/mol. The van der Waals surface area contributed by atoms with Gasteiger partial charge in [0, 0.05) is 23.0 Å². The summed E-state index contributed by atoms with van der Waals surface area (Å²) in [7, 11) is 0. The number of nitrogens with zero attached hydrogens (tertiary/aromatic N) is 1. The minimum absolute atomic E-state index is 0.409. The van der Waals surface area contributed by atoms with Crippen molar-refractivity contribution in [2.45, 2.75) is 44.9 Å². The largest absolute Gasteiger partial charge is 0.304 e. The lowest BCUT2D eigenvalue weighted by molar-refractivity contribution is 0.669. The molecule has 1 atom stereocenters. The van der Waals surface area contributed by atoms with Crippen molar-refractivity contribution in [3.8, 4) is 0 Å². The first-order valence-electron chi connectivity index (χ1n) is 5.74. The van der Waals surface area contributed by atoms with Crippen molar-refractivity contribution in [2.75, 3.05) is 0 Å². The Kier molecular flexibility index (Phi) is 1.82. The molecule has 0 aromatic heterocycles. The molecule has 0 amide bonds. The second-order valence-corrected chi connectivity index (χ2v) is 4.59. The number of aliphatic imine (C=N–C) groups is 1. The van der Waals surface area contributed by atoms with Crippen LogP contribution in [0.2, 0.25) is 0 Å². The van der Waals surface area contributed by atoms with Crippen LogP contribution in [0.3, 0.4) is 0 Å². The Labute approximate surface area is 84.6 Å². The van der Waals surface area contributed by atoms with Crippen molar-refractivity contribution in [3.05, 3.63) is 11.3 Å². The van der Waals surface area contributed by atoms with Crippen molar-refractivity contribution < 1.29 is 0 Å². The number of allylic oxidation sites excluding steroid dienone is 2. The van der Waals surface area contributed by atoms with E-state index in [1.807, 2.05) is 0 Å². The van der Waals surface area contributed by atoms with Crippen molar-refractivity contribution in [1.29, 1.82) is 5.41 Å². The monoisotopic (exact) mass is 188 g/mol. The fraction of sp³-hybridized carbons (Fsp3) is 0.667. The first-order chi connectivity index (χ1) is 6.86. The van der Waals surface area contributed by atoms with Gasteiger partial charge in [0.05, 0.1) is 0 Å². The molecule has 14 heavy (non-hydrogen) atoms. The number of fused-ring (bicyclic) bond motifs is 1. The zero-order chi connectivity index (χ0) is 9.54. The zero-order valence-corrected chi connectivity index (χ0v) is 8.47. The van der Waals surface area contributed by atoms with Gasteiger partial charge in [-0.05, 0) is 50.5 Å². The van der Waals surface area contributed by atoms with Gasteiger partial charge in [0.2, 0.25) is 0 Å². The van der Waals surface area contributed by atoms with E-state index >= 15 is 0 Å². The van der Waals surface area contributed by atoms with Crippen LogP contribution in [-0.2, 0) is 0 Å². The predicted molar refractivity (Wildman–Crippen MR) is 58.0 cm³/mol. The molecule has 1 unspecified atom stereocenters. The average Bonchev–Trinajstić information content (AvgIpc) is 2.66. The van der Waals surface area contributed by atoms with Crippen LogP contribution in [0.5, 0.6) is 0 Å². The Morgan fingerprint density at radius 1 is 1.07 bits per heavy atom. The molecule has 2 nitrogen and oxygen atoms in total.